The largest absolute Gasteiger partial charge is 0.496 e. The normalized spacial score (nSPS) is 17.7. The van der Waals surface area contributed by atoms with Crippen LogP contribution >= 0.6 is 0 Å². The SMILES string of the molecule is COc1ccccc1CCC(=O)N1CCN(C(=O)c2nnn3c2COC(c2ccccc2)C3)CC1. The maximum absolute atomic E-state index is 13.2. The quantitative estimate of drug-likeness (QED) is 0.544. The molecule has 35 heavy (non-hydrogen) atoms. The number of ether oxygens (including phenoxy) is 2. The van der Waals surface area contributed by atoms with Crippen molar-refractivity contribution in [2.75, 3.05) is 33.3 Å². The van der Waals surface area contributed by atoms with Gasteiger partial charge in [0.05, 0.1) is 26.0 Å². The molecule has 0 saturated carbocycles. The van der Waals surface area contributed by atoms with E-state index >= 15 is 0 Å². The number of fused-ring (bicyclic) bond motifs is 1. The fourth-order valence-electron chi connectivity index (χ4n) is 4.66. The first-order valence-electron chi connectivity index (χ1n) is 11.9. The Morgan fingerprint density at radius 3 is 2.49 bits per heavy atom. The fourth-order valence-corrected chi connectivity index (χ4v) is 4.66. The lowest BCUT2D eigenvalue weighted by Crippen LogP contribution is -2.50. The number of nitrogens with zero attached hydrogens (tertiary/aromatic N) is 5. The monoisotopic (exact) mass is 475 g/mol. The summed E-state index contributed by atoms with van der Waals surface area (Å²) in [6.07, 6.45) is 0.921. The maximum atomic E-state index is 13.2. The minimum Gasteiger partial charge on any atom is -0.496 e. The van der Waals surface area contributed by atoms with Crippen LogP contribution in [-0.4, -0.2) is 69.9 Å². The van der Waals surface area contributed by atoms with E-state index in [1.54, 1.807) is 16.7 Å². The molecule has 2 aliphatic heterocycles. The molecule has 3 heterocycles. The molecule has 2 aliphatic rings. The van der Waals surface area contributed by atoms with E-state index in [9.17, 15) is 9.59 Å². The number of piperazine rings is 1. The predicted molar refractivity (Wildman–Crippen MR) is 128 cm³/mol. The summed E-state index contributed by atoms with van der Waals surface area (Å²) in [5.41, 5.74) is 3.14. The second kappa shape index (κ2) is 10.3. The van der Waals surface area contributed by atoms with Gasteiger partial charge in [-0.25, -0.2) is 4.68 Å². The first-order chi connectivity index (χ1) is 17.1. The number of hydrogen-bond donors (Lipinski definition) is 0. The van der Waals surface area contributed by atoms with Gasteiger partial charge in [-0.1, -0.05) is 53.7 Å². The summed E-state index contributed by atoms with van der Waals surface area (Å²) in [5.74, 6) is 0.727. The van der Waals surface area contributed by atoms with E-state index in [0.717, 1.165) is 16.9 Å². The van der Waals surface area contributed by atoms with Crippen molar-refractivity contribution in [2.45, 2.75) is 32.1 Å². The molecular formula is C26H29N5O4. The van der Waals surface area contributed by atoms with Crippen LogP contribution in [0, 0.1) is 0 Å². The number of carbonyl (C=O) groups is 2. The Hall–Kier alpha value is -3.72. The van der Waals surface area contributed by atoms with Crippen molar-refractivity contribution in [3.63, 3.8) is 0 Å². The number of aryl methyl sites for hydroxylation is 1. The first-order valence-corrected chi connectivity index (χ1v) is 11.9. The van der Waals surface area contributed by atoms with Crippen LogP contribution in [0.25, 0.3) is 0 Å². The molecule has 1 unspecified atom stereocenters. The topological polar surface area (TPSA) is 89.8 Å². The van der Waals surface area contributed by atoms with Crippen LogP contribution in [0.5, 0.6) is 5.75 Å². The Balaban J connectivity index is 1.15. The molecule has 9 nitrogen and oxygen atoms in total. The van der Waals surface area contributed by atoms with Gasteiger partial charge in [-0.3, -0.25) is 9.59 Å². The van der Waals surface area contributed by atoms with Crippen LogP contribution in [-0.2, 0) is 29.1 Å². The van der Waals surface area contributed by atoms with Gasteiger partial charge in [-0.2, -0.15) is 0 Å². The highest BCUT2D eigenvalue weighted by Gasteiger charge is 2.32. The van der Waals surface area contributed by atoms with Crippen LogP contribution in [0.4, 0.5) is 0 Å². The Bertz CT molecular complexity index is 1190. The molecule has 2 amide bonds. The van der Waals surface area contributed by atoms with Crippen LogP contribution in [0.3, 0.4) is 0 Å². The lowest BCUT2D eigenvalue weighted by molar-refractivity contribution is -0.132. The van der Waals surface area contributed by atoms with E-state index in [1.807, 2.05) is 59.5 Å². The van der Waals surface area contributed by atoms with Crippen molar-refractivity contribution < 1.29 is 19.1 Å². The third-order valence-electron chi connectivity index (χ3n) is 6.69. The van der Waals surface area contributed by atoms with Gasteiger partial charge < -0.3 is 19.3 Å². The number of hydrogen-bond acceptors (Lipinski definition) is 6. The molecule has 182 valence electrons. The highest BCUT2D eigenvalue weighted by Crippen LogP contribution is 2.27. The molecule has 0 radical (unpaired) electrons. The van der Waals surface area contributed by atoms with Gasteiger partial charge in [0, 0.05) is 32.6 Å². The van der Waals surface area contributed by atoms with Gasteiger partial charge in [0.2, 0.25) is 5.91 Å². The number of aromatic nitrogens is 3. The van der Waals surface area contributed by atoms with Gasteiger partial charge >= 0.3 is 0 Å². The summed E-state index contributed by atoms with van der Waals surface area (Å²) in [6, 6.07) is 17.7. The maximum Gasteiger partial charge on any atom is 0.276 e. The van der Waals surface area contributed by atoms with Gasteiger partial charge in [-0.15, -0.1) is 5.10 Å². The van der Waals surface area contributed by atoms with Crippen molar-refractivity contribution in [1.82, 2.24) is 24.8 Å². The lowest BCUT2D eigenvalue weighted by Gasteiger charge is -2.34. The number of rotatable bonds is 6. The molecule has 3 aromatic rings. The van der Waals surface area contributed by atoms with E-state index in [1.165, 1.54) is 0 Å². The van der Waals surface area contributed by atoms with Crippen molar-refractivity contribution >= 4 is 11.8 Å². The standard InChI is InChI=1S/C26H29N5O4/c1-34-22-10-6-5-9-20(22)11-12-24(32)29-13-15-30(16-14-29)26(33)25-21-18-35-23(17-31(21)28-27-25)19-7-3-2-4-8-19/h2-10,23H,11-18H2,1H3. The number of carbonyl (C=O) groups excluding carboxylic acids is 2. The highest BCUT2D eigenvalue weighted by molar-refractivity contribution is 5.93. The molecule has 1 aromatic heterocycles. The van der Waals surface area contributed by atoms with E-state index in [-0.39, 0.29) is 24.5 Å². The fraction of sp³-hybridized carbons (Fsp3) is 0.385. The molecular weight excluding hydrogens is 446 g/mol. The van der Waals surface area contributed by atoms with Gasteiger partial charge in [0.25, 0.3) is 5.91 Å². The third kappa shape index (κ3) is 4.90. The van der Waals surface area contributed by atoms with Crippen molar-refractivity contribution in [3.05, 3.63) is 77.1 Å². The molecule has 1 atom stereocenters. The molecule has 0 spiro atoms. The number of amides is 2. The average molecular weight is 476 g/mol. The van der Waals surface area contributed by atoms with Crippen molar-refractivity contribution in [1.29, 1.82) is 0 Å². The Kier molecular flexibility index (Phi) is 6.76. The Labute approximate surface area is 204 Å². The van der Waals surface area contributed by atoms with Crippen LogP contribution in [0.1, 0.15) is 39.8 Å². The second-order valence-electron chi connectivity index (χ2n) is 8.76. The minimum absolute atomic E-state index is 0.0874. The molecule has 9 heteroatoms. The number of benzene rings is 2. The summed E-state index contributed by atoms with van der Waals surface area (Å²) in [7, 11) is 1.64. The summed E-state index contributed by atoms with van der Waals surface area (Å²) in [4.78, 5) is 29.5. The number of methoxy groups -OCH3 is 1. The average Bonchev–Trinajstić information content (AvgIpc) is 3.35. The van der Waals surface area contributed by atoms with E-state index in [4.69, 9.17) is 9.47 Å². The summed E-state index contributed by atoms with van der Waals surface area (Å²) < 4.78 is 13.2. The molecule has 1 fully saturated rings. The molecule has 1 saturated heterocycles. The predicted octanol–water partition coefficient (Wildman–Crippen LogP) is 2.48. The minimum atomic E-state index is -0.158. The number of para-hydroxylation sites is 1. The molecule has 5 rings (SSSR count). The Morgan fingerprint density at radius 1 is 1.00 bits per heavy atom. The zero-order valence-corrected chi connectivity index (χ0v) is 19.8. The van der Waals surface area contributed by atoms with E-state index in [2.05, 4.69) is 10.3 Å². The van der Waals surface area contributed by atoms with Gasteiger partial charge in [-0.05, 0) is 23.6 Å². The smallest absolute Gasteiger partial charge is 0.276 e. The first kappa shape index (κ1) is 23.0. The van der Waals surface area contributed by atoms with Crippen LogP contribution in [0.2, 0.25) is 0 Å². The van der Waals surface area contributed by atoms with Crippen molar-refractivity contribution in [3.8, 4) is 5.75 Å². The summed E-state index contributed by atoms with van der Waals surface area (Å²) >= 11 is 0. The van der Waals surface area contributed by atoms with Crippen molar-refractivity contribution in [2.24, 2.45) is 0 Å². The second-order valence-corrected chi connectivity index (χ2v) is 8.76. The molecule has 0 bridgehead atoms. The van der Waals surface area contributed by atoms with Gasteiger partial charge in [0.1, 0.15) is 11.9 Å². The summed E-state index contributed by atoms with van der Waals surface area (Å²) in [6.45, 7) is 2.76. The lowest BCUT2D eigenvalue weighted by atomic mass is 10.1. The van der Waals surface area contributed by atoms with Crippen LogP contribution in [0.15, 0.2) is 54.6 Å². The van der Waals surface area contributed by atoms with Gasteiger partial charge in [0.15, 0.2) is 5.69 Å². The third-order valence-corrected chi connectivity index (χ3v) is 6.69. The zero-order valence-electron chi connectivity index (χ0n) is 19.8. The molecule has 2 aromatic carbocycles. The van der Waals surface area contributed by atoms with Crippen LogP contribution < -0.4 is 4.74 Å². The van der Waals surface area contributed by atoms with E-state index < -0.39 is 0 Å². The molecule has 0 aliphatic carbocycles. The molecule has 0 N–H and O–H groups in total. The Morgan fingerprint density at radius 2 is 1.71 bits per heavy atom. The highest BCUT2D eigenvalue weighted by atomic mass is 16.5. The zero-order chi connectivity index (χ0) is 24.2. The van der Waals surface area contributed by atoms with E-state index in [0.29, 0.717) is 57.0 Å². The summed E-state index contributed by atoms with van der Waals surface area (Å²) in [5, 5.41) is 8.41.